The molecule has 1 fully saturated rings. The van der Waals surface area contributed by atoms with Crippen LogP contribution in [0.3, 0.4) is 0 Å². The van der Waals surface area contributed by atoms with Crippen molar-refractivity contribution in [1.29, 1.82) is 0 Å². The van der Waals surface area contributed by atoms with Crippen molar-refractivity contribution < 1.29 is 14.2 Å². The predicted molar refractivity (Wildman–Crippen MR) is 62.8 cm³/mol. The van der Waals surface area contributed by atoms with Crippen LogP contribution in [-0.2, 0) is 11.3 Å². The van der Waals surface area contributed by atoms with Crippen molar-refractivity contribution in [3.63, 3.8) is 0 Å². The highest BCUT2D eigenvalue weighted by Crippen LogP contribution is 2.23. The molecule has 90 valence electrons. The third-order valence-corrected chi connectivity index (χ3v) is 2.81. The van der Waals surface area contributed by atoms with Crippen LogP contribution in [0.2, 0.25) is 0 Å². The number of aliphatic hydroxyl groups excluding tert-OH is 1. The Kier molecular flexibility index (Phi) is 4.13. The van der Waals surface area contributed by atoms with Crippen molar-refractivity contribution in [1.82, 2.24) is 0 Å². The third-order valence-electron chi connectivity index (χ3n) is 2.81. The molecule has 1 aliphatic carbocycles. The van der Waals surface area contributed by atoms with Crippen LogP contribution in [0.15, 0.2) is 18.2 Å². The summed E-state index contributed by atoms with van der Waals surface area (Å²) >= 11 is 0. The number of hydrogen-bond acceptors (Lipinski definition) is 2. The molecule has 1 aromatic rings. The Bertz CT molecular complexity index is 441. The molecule has 17 heavy (non-hydrogen) atoms. The molecule has 0 atom stereocenters. The van der Waals surface area contributed by atoms with Crippen molar-refractivity contribution in [3.8, 4) is 11.8 Å². The molecule has 2 nitrogen and oxygen atoms in total. The summed E-state index contributed by atoms with van der Waals surface area (Å²) in [5.41, 5.74) is 1.37. The van der Waals surface area contributed by atoms with E-state index >= 15 is 0 Å². The van der Waals surface area contributed by atoms with Gasteiger partial charge in [-0.1, -0.05) is 11.8 Å². The molecule has 0 spiro atoms. The fourth-order valence-electron chi connectivity index (χ4n) is 1.70. The summed E-state index contributed by atoms with van der Waals surface area (Å²) in [5, 5.41) is 8.59. The van der Waals surface area contributed by atoms with Crippen LogP contribution in [0.5, 0.6) is 0 Å². The van der Waals surface area contributed by atoms with E-state index in [1.54, 1.807) is 6.07 Å². The van der Waals surface area contributed by atoms with Crippen LogP contribution < -0.4 is 0 Å². The molecule has 3 heteroatoms. The second kappa shape index (κ2) is 5.81. The Morgan fingerprint density at radius 1 is 1.35 bits per heavy atom. The molecule has 1 aromatic carbocycles. The fraction of sp³-hybridized carbons (Fsp3) is 0.429. The minimum Gasteiger partial charge on any atom is -0.384 e. The number of hydrogen-bond donors (Lipinski definition) is 1. The second-order valence-electron chi connectivity index (χ2n) is 4.17. The maximum absolute atomic E-state index is 13.3. The first-order valence-corrected chi connectivity index (χ1v) is 5.79. The van der Waals surface area contributed by atoms with E-state index in [4.69, 9.17) is 9.84 Å². The summed E-state index contributed by atoms with van der Waals surface area (Å²) in [6, 6.07) is 4.61. The lowest BCUT2D eigenvalue weighted by Crippen LogP contribution is -2.21. The molecule has 0 aliphatic heterocycles. The molecule has 2 rings (SSSR count). The van der Waals surface area contributed by atoms with E-state index in [0.717, 1.165) is 18.4 Å². The third kappa shape index (κ3) is 3.55. The normalized spacial score (nSPS) is 14.9. The molecule has 0 unspecified atom stereocenters. The van der Waals surface area contributed by atoms with Crippen LogP contribution in [0.25, 0.3) is 0 Å². The quantitative estimate of drug-likeness (QED) is 0.813. The summed E-state index contributed by atoms with van der Waals surface area (Å²) in [6.07, 6.45) is 3.77. The molecule has 1 saturated carbocycles. The first kappa shape index (κ1) is 12.1. The second-order valence-corrected chi connectivity index (χ2v) is 4.17. The molecule has 1 aliphatic rings. The van der Waals surface area contributed by atoms with Gasteiger partial charge in [-0.2, -0.15) is 0 Å². The molecule has 0 saturated heterocycles. The van der Waals surface area contributed by atoms with Crippen LogP contribution in [0.1, 0.15) is 30.4 Å². The summed E-state index contributed by atoms with van der Waals surface area (Å²) < 4.78 is 18.9. The van der Waals surface area contributed by atoms with E-state index in [1.165, 1.54) is 18.6 Å². The minimum absolute atomic E-state index is 0.218. The smallest absolute Gasteiger partial charge is 0.124 e. The molecular formula is C14H15FO2. The van der Waals surface area contributed by atoms with Gasteiger partial charge in [0.1, 0.15) is 12.4 Å². The van der Waals surface area contributed by atoms with Crippen molar-refractivity contribution in [2.75, 3.05) is 6.61 Å². The van der Waals surface area contributed by atoms with E-state index in [-0.39, 0.29) is 12.4 Å². The van der Waals surface area contributed by atoms with Gasteiger partial charge in [0.05, 0.1) is 12.7 Å². The zero-order chi connectivity index (χ0) is 12.1. The Balaban J connectivity index is 2.02. The SMILES string of the molecule is OCC#Cc1cc(F)cc(COC2CCC2)c1. The van der Waals surface area contributed by atoms with Crippen LogP contribution in [0.4, 0.5) is 4.39 Å². The molecule has 0 bridgehead atoms. The average Bonchev–Trinajstić information content (AvgIpc) is 2.23. The lowest BCUT2D eigenvalue weighted by Gasteiger charge is -2.25. The monoisotopic (exact) mass is 234 g/mol. The summed E-state index contributed by atoms with van der Waals surface area (Å²) in [4.78, 5) is 0. The maximum atomic E-state index is 13.3. The standard InChI is InChI=1S/C14H15FO2/c15-13-8-11(3-2-6-16)7-12(9-13)10-17-14-4-1-5-14/h7-9,14,16H,1,4-6,10H2. The van der Waals surface area contributed by atoms with Crippen molar-refractivity contribution in [2.45, 2.75) is 32.0 Å². The van der Waals surface area contributed by atoms with Crippen LogP contribution in [-0.4, -0.2) is 17.8 Å². The Hall–Kier alpha value is -1.37. The van der Waals surface area contributed by atoms with E-state index in [2.05, 4.69) is 11.8 Å². The largest absolute Gasteiger partial charge is 0.384 e. The van der Waals surface area contributed by atoms with Gasteiger partial charge in [-0.25, -0.2) is 4.39 Å². The van der Waals surface area contributed by atoms with E-state index in [0.29, 0.717) is 18.3 Å². The van der Waals surface area contributed by atoms with Gasteiger partial charge < -0.3 is 9.84 Å². The van der Waals surface area contributed by atoms with Gasteiger partial charge in [0, 0.05) is 5.56 Å². The molecule has 0 amide bonds. The molecule has 1 N–H and O–H groups in total. The molecular weight excluding hydrogens is 219 g/mol. The van der Waals surface area contributed by atoms with Gasteiger partial charge >= 0.3 is 0 Å². The highest BCUT2D eigenvalue weighted by molar-refractivity contribution is 5.37. The van der Waals surface area contributed by atoms with Crippen molar-refractivity contribution in [3.05, 3.63) is 35.1 Å². The topological polar surface area (TPSA) is 29.5 Å². The van der Waals surface area contributed by atoms with Crippen LogP contribution >= 0.6 is 0 Å². The van der Waals surface area contributed by atoms with Gasteiger partial charge in [-0.05, 0) is 43.0 Å². The molecule has 0 radical (unpaired) electrons. The van der Waals surface area contributed by atoms with Crippen molar-refractivity contribution >= 4 is 0 Å². The predicted octanol–water partition coefficient (Wildman–Crippen LogP) is 2.24. The van der Waals surface area contributed by atoms with Gasteiger partial charge in [0.15, 0.2) is 0 Å². The highest BCUT2D eigenvalue weighted by atomic mass is 19.1. The lowest BCUT2D eigenvalue weighted by atomic mass is 9.96. The zero-order valence-corrected chi connectivity index (χ0v) is 9.58. The first-order chi connectivity index (χ1) is 8.28. The fourth-order valence-corrected chi connectivity index (χ4v) is 1.70. The van der Waals surface area contributed by atoms with Crippen molar-refractivity contribution in [2.24, 2.45) is 0 Å². The van der Waals surface area contributed by atoms with Gasteiger partial charge in [0.2, 0.25) is 0 Å². The van der Waals surface area contributed by atoms with Gasteiger partial charge in [0.25, 0.3) is 0 Å². The number of rotatable bonds is 3. The Labute approximate surface area is 100 Å². The summed E-state index contributed by atoms with van der Waals surface area (Å²) in [6.45, 7) is 0.209. The summed E-state index contributed by atoms with van der Waals surface area (Å²) in [7, 11) is 0. The lowest BCUT2D eigenvalue weighted by molar-refractivity contribution is -0.00875. The van der Waals surface area contributed by atoms with Gasteiger partial charge in [-0.3, -0.25) is 0 Å². The maximum Gasteiger partial charge on any atom is 0.124 e. The number of halogens is 1. The average molecular weight is 234 g/mol. The zero-order valence-electron chi connectivity index (χ0n) is 9.58. The van der Waals surface area contributed by atoms with E-state index in [1.807, 2.05) is 0 Å². The number of benzene rings is 1. The van der Waals surface area contributed by atoms with E-state index < -0.39 is 0 Å². The minimum atomic E-state index is -0.318. The Morgan fingerprint density at radius 2 is 2.18 bits per heavy atom. The van der Waals surface area contributed by atoms with Crippen LogP contribution in [0, 0.1) is 17.7 Å². The number of ether oxygens (including phenoxy) is 1. The van der Waals surface area contributed by atoms with Gasteiger partial charge in [-0.15, -0.1) is 0 Å². The Morgan fingerprint density at radius 3 is 2.82 bits per heavy atom. The first-order valence-electron chi connectivity index (χ1n) is 5.79. The highest BCUT2D eigenvalue weighted by Gasteiger charge is 2.17. The molecule has 0 aromatic heterocycles. The molecule has 0 heterocycles. The summed E-state index contributed by atoms with van der Waals surface area (Å²) in [5.74, 6) is 4.88. The van der Waals surface area contributed by atoms with E-state index in [9.17, 15) is 4.39 Å². The number of aliphatic hydroxyl groups is 1.